The molecule has 0 atom stereocenters. The van der Waals surface area contributed by atoms with Crippen molar-refractivity contribution in [2.75, 3.05) is 45.2 Å². The summed E-state index contributed by atoms with van der Waals surface area (Å²) < 4.78 is 5.03. The second-order valence-corrected chi connectivity index (χ2v) is 8.66. The highest BCUT2D eigenvalue weighted by molar-refractivity contribution is 7.17. The summed E-state index contributed by atoms with van der Waals surface area (Å²) in [6.45, 7) is 3.59. The van der Waals surface area contributed by atoms with Crippen molar-refractivity contribution in [1.82, 2.24) is 5.32 Å². The fourth-order valence-electron chi connectivity index (χ4n) is 4.05. The maximum atomic E-state index is 12.8. The number of carbonyl (C=O) groups is 2. The van der Waals surface area contributed by atoms with Gasteiger partial charge in [-0.15, -0.1) is 11.3 Å². The lowest BCUT2D eigenvalue weighted by Crippen LogP contribution is -3.12. The van der Waals surface area contributed by atoms with Crippen LogP contribution in [0.4, 0.5) is 5.00 Å². The molecule has 0 radical (unpaired) electrons. The molecule has 1 fully saturated rings. The molecule has 3 rings (SSSR count). The van der Waals surface area contributed by atoms with Crippen LogP contribution in [0.2, 0.25) is 0 Å². The molecule has 0 aromatic carbocycles. The van der Waals surface area contributed by atoms with E-state index in [0.29, 0.717) is 25.3 Å². The van der Waals surface area contributed by atoms with Gasteiger partial charge in [0, 0.05) is 18.5 Å². The molecule has 3 N–H and O–H groups in total. The van der Waals surface area contributed by atoms with Crippen LogP contribution < -0.4 is 15.5 Å². The molecule has 0 bridgehead atoms. The molecule has 0 unspecified atom stereocenters. The van der Waals surface area contributed by atoms with Gasteiger partial charge in [0.05, 0.1) is 25.3 Å². The largest absolute Gasteiger partial charge is 0.383 e. The summed E-state index contributed by atoms with van der Waals surface area (Å²) in [4.78, 5) is 28.1. The number of aryl methyl sites for hydroxylation is 1. The number of amides is 2. The molecule has 0 spiro atoms. The van der Waals surface area contributed by atoms with E-state index in [1.807, 2.05) is 0 Å². The second-order valence-electron chi connectivity index (χ2n) is 7.55. The Morgan fingerprint density at radius 3 is 2.56 bits per heavy atom. The maximum absolute atomic E-state index is 12.8. The van der Waals surface area contributed by atoms with E-state index >= 15 is 0 Å². The third-order valence-electron chi connectivity index (χ3n) is 5.46. The van der Waals surface area contributed by atoms with Crippen molar-refractivity contribution in [3.8, 4) is 0 Å². The van der Waals surface area contributed by atoms with E-state index in [9.17, 15) is 9.59 Å². The Kier molecular flexibility index (Phi) is 7.67. The van der Waals surface area contributed by atoms with Crippen molar-refractivity contribution in [3.05, 3.63) is 16.0 Å². The molecule has 1 saturated heterocycles. The first kappa shape index (κ1) is 20.3. The molecule has 6 nitrogen and oxygen atoms in total. The zero-order chi connectivity index (χ0) is 19.1. The zero-order valence-corrected chi connectivity index (χ0v) is 17.1. The third kappa shape index (κ3) is 5.53. The van der Waals surface area contributed by atoms with Gasteiger partial charge in [-0.1, -0.05) is 0 Å². The van der Waals surface area contributed by atoms with Gasteiger partial charge < -0.3 is 20.3 Å². The lowest BCUT2D eigenvalue weighted by molar-refractivity contribution is -0.890. The highest BCUT2D eigenvalue weighted by Gasteiger charge is 2.27. The van der Waals surface area contributed by atoms with Crippen molar-refractivity contribution in [3.63, 3.8) is 0 Å². The molecule has 27 heavy (non-hydrogen) atoms. The minimum atomic E-state index is -0.0936. The number of nitrogens with one attached hydrogen (secondary N) is 3. The number of carbonyl (C=O) groups excluding carboxylic acids is 2. The van der Waals surface area contributed by atoms with Gasteiger partial charge in [-0.2, -0.15) is 0 Å². The van der Waals surface area contributed by atoms with E-state index in [2.05, 4.69) is 10.6 Å². The molecular formula is C20H32N3O3S+. The van der Waals surface area contributed by atoms with Gasteiger partial charge in [-0.05, 0) is 56.9 Å². The average molecular weight is 395 g/mol. The van der Waals surface area contributed by atoms with Gasteiger partial charge in [0.25, 0.3) is 11.8 Å². The lowest BCUT2D eigenvalue weighted by Gasteiger charge is -2.16. The molecule has 1 aromatic heterocycles. The molecule has 0 saturated carbocycles. The fraction of sp³-hybridized carbons (Fsp3) is 0.700. The first-order chi connectivity index (χ1) is 13.2. The van der Waals surface area contributed by atoms with Crippen LogP contribution in [0.15, 0.2) is 0 Å². The van der Waals surface area contributed by atoms with Gasteiger partial charge in [0.15, 0.2) is 6.54 Å². The molecule has 2 aliphatic rings. The van der Waals surface area contributed by atoms with Crippen molar-refractivity contribution in [1.29, 1.82) is 0 Å². The number of hydrogen-bond donors (Lipinski definition) is 3. The Bertz CT molecular complexity index is 651. The number of methoxy groups -OCH3 is 1. The summed E-state index contributed by atoms with van der Waals surface area (Å²) in [6.07, 6.45) is 9.13. The normalized spacial score (nSPS) is 17.8. The van der Waals surface area contributed by atoms with E-state index in [1.54, 1.807) is 18.4 Å². The Hall–Kier alpha value is -1.44. The predicted octanol–water partition coefficient (Wildman–Crippen LogP) is 1.40. The van der Waals surface area contributed by atoms with Crippen molar-refractivity contribution < 1.29 is 19.2 Å². The minimum absolute atomic E-state index is 0.0245. The van der Waals surface area contributed by atoms with E-state index in [1.165, 1.54) is 35.5 Å². The van der Waals surface area contributed by atoms with Gasteiger partial charge in [0.1, 0.15) is 5.00 Å². The van der Waals surface area contributed by atoms with Gasteiger partial charge >= 0.3 is 0 Å². The summed E-state index contributed by atoms with van der Waals surface area (Å²) in [5, 5.41) is 6.73. The van der Waals surface area contributed by atoms with Crippen LogP contribution in [0.3, 0.4) is 0 Å². The van der Waals surface area contributed by atoms with E-state index in [0.717, 1.165) is 49.3 Å². The van der Waals surface area contributed by atoms with Crippen LogP contribution in [0.25, 0.3) is 0 Å². The van der Waals surface area contributed by atoms with Crippen molar-refractivity contribution in [2.45, 2.75) is 51.4 Å². The molecular weight excluding hydrogens is 362 g/mol. The standard InChI is InChI=1S/C20H31N3O3S/c1-26-13-10-21-19(25)18-15-8-4-5-9-16(15)27-20(18)22-17(24)14-23-11-6-2-3-7-12-23/h2-14H2,1H3,(H,21,25)(H,22,24)/p+1. The second kappa shape index (κ2) is 10.2. The van der Waals surface area contributed by atoms with E-state index in [-0.39, 0.29) is 11.8 Å². The zero-order valence-electron chi connectivity index (χ0n) is 16.3. The Labute approximate surface area is 165 Å². The fourth-order valence-corrected chi connectivity index (χ4v) is 5.36. The molecule has 7 heteroatoms. The minimum Gasteiger partial charge on any atom is -0.383 e. The SMILES string of the molecule is COCCNC(=O)c1c(NC(=O)C[NH+]2CCCCCC2)sc2c1CCCC2. The average Bonchev–Trinajstić information content (AvgIpc) is 2.82. The third-order valence-corrected chi connectivity index (χ3v) is 6.67. The number of rotatable bonds is 7. The summed E-state index contributed by atoms with van der Waals surface area (Å²) in [6, 6.07) is 0. The van der Waals surface area contributed by atoms with Gasteiger partial charge in [0.2, 0.25) is 0 Å². The van der Waals surface area contributed by atoms with Crippen LogP contribution in [0.1, 0.15) is 59.3 Å². The molecule has 2 amide bonds. The quantitative estimate of drug-likeness (QED) is 0.612. The number of anilines is 1. The smallest absolute Gasteiger partial charge is 0.280 e. The van der Waals surface area contributed by atoms with Crippen LogP contribution in [-0.4, -0.2) is 51.7 Å². The van der Waals surface area contributed by atoms with Crippen LogP contribution >= 0.6 is 11.3 Å². The van der Waals surface area contributed by atoms with Gasteiger partial charge in [-0.3, -0.25) is 9.59 Å². The number of thiophene rings is 1. The Morgan fingerprint density at radius 2 is 1.81 bits per heavy atom. The van der Waals surface area contributed by atoms with Crippen molar-refractivity contribution >= 4 is 28.2 Å². The monoisotopic (exact) mass is 394 g/mol. The number of quaternary nitrogens is 1. The van der Waals surface area contributed by atoms with Crippen LogP contribution in [0.5, 0.6) is 0 Å². The van der Waals surface area contributed by atoms with Crippen LogP contribution in [0, 0.1) is 0 Å². The summed E-state index contributed by atoms with van der Waals surface area (Å²) >= 11 is 1.59. The highest BCUT2D eigenvalue weighted by atomic mass is 32.1. The Morgan fingerprint density at radius 1 is 1.07 bits per heavy atom. The molecule has 1 aromatic rings. The predicted molar refractivity (Wildman–Crippen MR) is 108 cm³/mol. The summed E-state index contributed by atoms with van der Waals surface area (Å²) in [5.74, 6) is -0.0692. The number of likely N-dealkylation sites (tertiary alicyclic amines) is 1. The molecule has 1 aliphatic carbocycles. The highest BCUT2D eigenvalue weighted by Crippen LogP contribution is 2.38. The number of fused-ring (bicyclic) bond motifs is 1. The molecule has 150 valence electrons. The van der Waals surface area contributed by atoms with Crippen LogP contribution in [-0.2, 0) is 22.4 Å². The summed E-state index contributed by atoms with van der Waals surface area (Å²) in [7, 11) is 1.62. The molecule has 2 heterocycles. The topological polar surface area (TPSA) is 71.9 Å². The summed E-state index contributed by atoms with van der Waals surface area (Å²) in [5.41, 5.74) is 1.82. The first-order valence-electron chi connectivity index (χ1n) is 10.2. The first-order valence-corrected chi connectivity index (χ1v) is 11.1. The number of hydrogen-bond acceptors (Lipinski definition) is 4. The maximum Gasteiger partial charge on any atom is 0.280 e. The molecule has 1 aliphatic heterocycles. The van der Waals surface area contributed by atoms with Crippen molar-refractivity contribution in [2.24, 2.45) is 0 Å². The Balaban J connectivity index is 1.70. The van der Waals surface area contributed by atoms with E-state index < -0.39 is 0 Å². The van der Waals surface area contributed by atoms with Gasteiger partial charge in [-0.25, -0.2) is 0 Å². The lowest BCUT2D eigenvalue weighted by atomic mass is 9.95. The number of ether oxygens (including phenoxy) is 1. The van der Waals surface area contributed by atoms with E-state index in [4.69, 9.17) is 4.74 Å².